The highest BCUT2D eigenvalue weighted by molar-refractivity contribution is 5.28. The van der Waals surface area contributed by atoms with E-state index < -0.39 is 0 Å². The molecule has 1 heterocycles. The molecule has 1 aliphatic heterocycles. The van der Waals surface area contributed by atoms with Crippen LogP contribution < -0.4 is 0 Å². The lowest BCUT2D eigenvalue weighted by Crippen LogP contribution is -2.39. The van der Waals surface area contributed by atoms with Crippen LogP contribution in [0.5, 0.6) is 0 Å². The van der Waals surface area contributed by atoms with Crippen LogP contribution in [0.25, 0.3) is 0 Å². The highest BCUT2D eigenvalue weighted by Crippen LogP contribution is 2.31. The van der Waals surface area contributed by atoms with Gasteiger partial charge in [0.15, 0.2) is 0 Å². The topological polar surface area (TPSA) is 15.7 Å². The summed E-state index contributed by atoms with van der Waals surface area (Å²) in [5, 5.41) is 0. The molecule has 1 aromatic rings. The SMILES string of the molecule is CC(C)COCCN1CCC(c2ccc(C(C)N(C)C(C)(C)C)cc2)CC1. The van der Waals surface area contributed by atoms with Crippen LogP contribution in [-0.4, -0.2) is 55.2 Å². The van der Waals surface area contributed by atoms with Gasteiger partial charge in [0.1, 0.15) is 0 Å². The molecular weight excluding hydrogens is 332 g/mol. The van der Waals surface area contributed by atoms with Crippen molar-refractivity contribution in [3.8, 4) is 0 Å². The lowest BCUT2D eigenvalue weighted by molar-refractivity contribution is 0.0780. The molecule has 154 valence electrons. The first-order valence-corrected chi connectivity index (χ1v) is 10.8. The van der Waals surface area contributed by atoms with Gasteiger partial charge < -0.3 is 9.64 Å². The average Bonchev–Trinajstić information content (AvgIpc) is 2.64. The second kappa shape index (κ2) is 10.0. The molecule has 0 N–H and O–H groups in total. The Morgan fingerprint density at radius 2 is 1.67 bits per heavy atom. The lowest BCUT2D eigenvalue weighted by Gasteiger charge is -2.37. The van der Waals surface area contributed by atoms with Gasteiger partial charge in [0.25, 0.3) is 0 Å². The first-order chi connectivity index (χ1) is 12.7. The molecule has 0 spiro atoms. The van der Waals surface area contributed by atoms with Gasteiger partial charge in [-0.25, -0.2) is 0 Å². The van der Waals surface area contributed by atoms with E-state index in [0.29, 0.717) is 17.9 Å². The summed E-state index contributed by atoms with van der Waals surface area (Å²) in [6.07, 6.45) is 2.53. The lowest BCUT2D eigenvalue weighted by atomic mass is 9.88. The molecule has 1 saturated heterocycles. The summed E-state index contributed by atoms with van der Waals surface area (Å²) in [5.41, 5.74) is 3.11. The Labute approximate surface area is 168 Å². The number of benzene rings is 1. The summed E-state index contributed by atoms with van der Waals surface area (Å²) < 4.78 is 5.74. The molecule has 0 bridgehead atoms. The molecule has 27 heavy (non-hydrogen) atoms. The van der Waals surface area contributed by atoms with E-state index in [9.17, 15) is 0 Å². The number of likely N-dealkylation sites (tertiary alicyclic amines) is 1. The van der Waals surface area contributed by atoms with Gasteiger partial charge in [-0.3, -0.25) is 4.90 Å². The highest BCUT2D eigenvalue weighted by Gasteiger charge is 2.24. The molecule has 0 aromatic heterocycles. The largest absolute Gasteiger partial charge is 0.380 e. The molecule has 0 saturated carbocycles. The molecular formula is C24H42N2O. The number of hydrogen-bond acceptors (Lipinski definition) is 3. The van der Waals surface area contributed by atoms with E-state index in [0.717, 1.165) is 19.8 Å². The van der Waals surface area contributed by atoms with Crippen molar-refractivity contribution in [2.75, 3.05) is 39.9 Å². The summed E-state index contributed by atoms with van der Waals surface area (Å²) >= 11 is 0. The summed E-state index contributed by atoms with van der Waals surface area (Å²) in [6, 6.07) is 9.86. The van der Waals surface area contributed by atoms with E-state index in [1.165, 1.54) is 37.1 Å². The van der Waals surface area contributed by atoms with Crippen LogP contribution in [0.2, 0.25) is 0 Å². The van der Waals surface area contributed by atoms with Crippen LogP contribution in [0, 0.1) is 5.92 Å². The van der Waals surface area contributed by atoms with E-state index in [4.69, 9.17) is 4.74 Å². The molecule has 0 amide bonds. The fourth-order valence-corrected chi connectivity index (χ4v) is 3.85. The summed E-state index contributed by atoms with van der Waals surface area (Å²) in [7, 11) is 2.22. The molecule has 0 aliphatic carbocycles. The van der Waals surface area contributed by atoms with E-state index >= 15 is 0 Å². The molecule has 1 fully saturated rings. The van der Waals surface area contributed by atoms with Crippen LogP contribution in [0.4, 0.5) is 0 Å². The number of hydrogen-bond donors (Lipinski definition) is 0. The third-order valence-corrected chi connectivity index (χ3v) is 6.12. The molecule has 1 atom stereocenters. The number of ether oxygens (including phenoxy) is 1. The number of piperidine rings is 1. The zero-order valence-electron chi connectivity index (χ0n) is 18.8. The fourth-order valence-electron chi connectivity index (χ4n) is 3.85. The van der Waals surface area contributed by atoms with Gasteiger partial charge >= 0.3 is 0 Å². The Kier molecular flexibility index (Phi) is 8.33. The molecule has 1 unspecified atom stereocenters. The normalized spacial score (nSPS) is 18.4. The number of nitrogens with zero attached hydrogens (tertiary/aromatic N) is 2. The summed E-state index contributed by atoms with van der Waals surface area (Å²) in [4.78, 5) is 5.01. The van der Waals surface area contributed by atoms with Gasteiger partial charge in [-0.05, 0) is 83.6 Å². The van der Waals surface area contributed by atoms with Crippen LogP contribution in [0.3, 0.4) is 0 Å². The van der Waals surface area contributed by atoms with Crippen molar-refractivity contribution < 1.29 is 4.74 Å². The molecule has 1 aliphatic rings. The smallest absolute Gasteiger partial charge is 0.0593 e. The van der Waals surface area contributed by atoms with E-state index in [1.54, 1.807) is 0 Å². The molecule has 0 radical (unpaired) electrons. The minimum absolute atomic E-state index is 0.184. The Morgan fingerprint density at radius 3 is 2.19 bits per heavy atom. The monoisotopic (exact) mass is 374 g/mol. The van der Waals surface area contributed by atoms with E-state index in [-0.39, 0.29) is 5.54 Å². The van der Waals surface area contributed by atoms with Crippen molar-refractivity contribution in [3.05, 3.63) is 35.4 Å². The second-order valence-corrected chi connectivity index (χ2v) is 9.71. The Morgan fingerprint density at radius 1 is 1.07 bits per heavy atom. The standard InChI is InChI=1S/C24H42N2O/c1-19(2)18-27-17-16-26-14-12-23(13-15-26)22-10-8-21(9-11-22)20(3)25(7)24(4,5)6/h8-11,19-20,23H,12-18H2,1-7H3. The Hall–Kier alpha value is -0.900. The predicted octanol–water partition coefficient (Wildman–Crippen LogP) is 5.33. The maximum Gasteiger partial charge on any atom is 0.0593 e. The minimum Gasteiger partial charge on any atom is -0.380 e. The number of rotatable bonds is 8. The van der Waals surface area contributed by atoms with Crippen LogP contribution in [-0.2, 0) is 4.74 Å². The zero-order valence-corrected chi connectivity index (χ0v) is 18.8. The minimum atomic E-state index is 0.184. The quantitative estimate of drug-likeness (QED) is 0.572. The summed E-state index contributed by atoms with van der Waals surface area (Å²) in [6.45, 7) is 18.8. The highest BCUT2D eigenvalue weighted by atomic mass is 16.5. The van der Waals surface area contributed by atoms with Crippen molar-refractivity contribution in [1.82, 2.24) is 9.80 Å². The van der Waals surface area contributed by atoms with Gasteiger partial charge in [0.05, 0.1) is 6.61 Å². The van der Waals surface area contributed by atoms with Crippen LogP contribution in [0.1, 0.15) is 77.5 Å². The Balaban J connectivity index is 1.81. The average molecular weight is 375 g/mol. The van der Waals surface area contributed by atoms with Gasteiger partial charge in [0, 0.05) is 24.7 Å². The van der Waals surface area contributed by atoms with Crippen molar-refractivity contribution >= 4 is 0 Å². The van der Waals surface area contributed by atoms with Crippen molar-refractivity contribution in [2.45, 2.75) is 71.9 Å². The summed E-state index contributed by atoms with van der Waals surface area (Å²) in [5.74, 6) is 1.34. The zero-order chi connectivity index (χ0) is 20.0. The van der Waals surface area contributed by atoms with Gasteiger partial charge in [-0.2, -0.15) is 0 Å². The fraction of sp³-hybridized carbons (Fsp3) is 0.750. The van der Waals surface area contributed by atoms with Gasteiger partial charge in [-0.1, -0.05) is 38.1 Å². The maximum atomic E-state index is 5.74. The maximum absolute atomic E-state index is 5.74. The van der Waals surface area contributed by atoms with Gasteiger partial charge in [-0.15, -0.1) is 0 Å². The van der Waals surface area contributed by atoms with Gasteiger partial charge in [0.2, 0.25) is 0 Å². The molecule has 1 aromatic carbocycles. The molecule has 2 rings (SSSR count). The van der Waals surface area contributed by atoms with E-state index in [2.05, 4.69) is 82.7 Å². The van der Waals surface area contributed by atoms with Crippen LogP contribution >= 0.6 is 0 Å². The molecule has 3 heteroatoms. The molecule has 3 nitrogen and oxygen atoms in total. The third kappa shape index (κ3) is 6.89. The first-order valence-electron chi connectivity index (χ1n) is 10.8. The Bertz CT molecular complexity index is 538. The third-order valence-electron chi connectivity index (χ3n) is 6.12. The van der Waals surface area contributed by atoms with Crippen LogP contribution in [0.15, 0.2) is 24.3 Å². The second-order valence-electron chi connectivity index (χ2n) is 9.71. The van der Waals surface area contributed by atoms with Crippen molar-refractivity contribution in [1.29, 1.82) is 0 Å². The van der Waals surface area contributed by atoms with Crippen molar-refractivity contribution in [2.24, 2.45) is 5.92 Å². The first kappa shape index (κ1) is 22.4. The van der Waals surface area contributed by atoms with E-state index in [1.807, 2.05) is 0 Å². The predicted molar refractivity (Wildman–Crippen MR) is 116 cm³/mol. The van der Waals surface area contributed by atoms with Crippen molar-refractivity contribution in [3.63, 3.8) is 0 Å².